The van der Waals surface area contributed by atoms with Crippen molar-refractivity contribution in [3.8, 4) is 11.1 Å². The number of benzene rings is 2. The number of nitrogens with zero attached hydrogens (tertiary/aromatic N) is 1. The van der Waals surface area contributed by atoms with Crippen LogP contribution in [0.25, 0.3) is 11.1 Å². The van der Waals surface area contributed by atoms with E-state index in [1.54, 1.807) is 6.92 Å². The molecule has 4 nitrogen and oxygen atoms in total. The third-order valence-corrected chi connectivity index (χ3v) is 4.82. The van der Waals surface area contributed by atoms with Crippen LogP contribution in [0.2, 0.25) is 0 Å². The van der Waals surface area contributed by atoms with E-state index in [4.69, 9.17) is 4.74 Å². The number of amides is 1. The third kappa shape index (κ3) is 4.31. The van der Waals surface area contributed by atoms with Gasteiger partial charge in [-0.05, 0) is 42.0 Å². The molecule has 0 aliphatic carbocycles. The second kappa shape index (κ2) is 8.65. The molecule has 1 aliphatic heterocycles. The van der Waals surface area contributed by atoms with Crippen LogP contribution < -0.4 is 0 Å². The van der Waals surface area contributed by atoms with Crippen molar-refractivity contribution in [3.63, 3.8) is 0 Å². The summed E-state index contributed by atoms with van der Waals surface area (Å²) in [5, 5.41) is 0. The summed E-state index contributed by atoms with van der Waals surface area (Å²) in [7, 11) is 0. The van der Waals surface area contributed by atoms with Gasteiger partial charge in [0.1, 0.15) is 0 Å². The maximum Gasteiger partial charge on any atom is 0.338 e. The van der Waals surface area contributed by atoms with Crippen molar-refractivity contribution in [2.24, 2.45) is 0 Å². The van der Waals surface area contributed by atoms with Crippen LogP contribution in [-0.4, -0.2) is 29.9 Å². The summed E-state index contributed by atoms with van der Waals surface area (Å²) in [4.78, 5) is 26.6. The predicted molar refractivity (Wildman–Crippen MR) is 102 cm³/mol. The second-order valence-electron chi connectivity index (χ2n) is 6.69. The minimum absolute atomic E-state index is 0.0830. The zero-order chi connectivity index (χ0) is 18.4. The predicted octanol–water partition coefficient (Wildman–Crippen LogP) is 4.43. The maximum atomic E-state index is 12.6. The summed E-state index contributed by atoms with van der Waals surface area (Å²) in [6.45, 7) is 3.36. The molecule has 1 amide bonds. The van der Waals surface area contributed by atoms with Gasteiger partial charge in [0, 0.05) is 20.0 Å². The standard InChI is InChI=1S/C22H25NO3/c1-17(24)23-14-8-2-3-9-15-26-22(25)21-13-7-6-12-20(21)19-11-5-4-10-18(19)16-23/h4-7,10-13H,2-3,8-9,14-16H2,1H3. The van der Waals surface area contributed by atoms with Crippen molar-refractivity contribution in [1.29, 1.82) is 0 Å². The van der Waals surface area contributed by atoms with Gasteiger partial charge in [0.15, 0.2) is 0 Å². The van der Waals surface area contributed by atoms with E-state index in [2.05, 4.69) is 0 Å². The minimum atomic E-state index is -0.282. The Hall–Kier alpha value is -2.62. The first-order chi connectivity index (χ1) is 12.7. The van der Waals surface area contributed by atoms with Gasteiger partial charge in [-0.2, -0.15) is 0 Å². The zero-order valence-electron chi connectivity index (χ0n) is 15.2. The van der Waals surface area contributed by atoms with E-state index in [-0.39, 0.29) is 11.9 Å². The first kappa shape index (κ1) is 18.2. The highest BCUT2D eigenvalue weighted by Gasteiger charge is 2.18. The number of hydrogen-bond acceptors (Lipinski definition) is 3. The molecule has 1 aliphatic rings. The molecule has 0 unspecified atom stereocenters. The molecule has 0 spiro atoms. The smallest absolute Gasteiger partial charge is 0.338 e. The normalized spacial score (nSPS) is 16.0. The Balaban J connectivity index is 2.04. The van der Waals surface area contributed by atoms with Gasteiger partial charge in [0.2, 0.25) is 5.91 Å². The Morgan fingerprint density at radius 3 is 2.31 bits per heavy atom. The highest BCUT2D eigenvalue weighted by atomic mass is 16.5. The summed E-state index contributed by atoms with van der Waals surface area (Å²) in [5.74, 6) is -0.199. The van der Waals surface area contributed by atoms with Gasteiger partial charge in [-0.25, -0.2) is 4.79 Å². The average molecular weight is 351 g/mol. The highest BCUT2D eigenvalue weighted by molar-refractivity contribution is 5.97. The van der Waals surface area contributed by atoms with E-state index < -0.39 is 0 Å². The molecular formula is C22H25NO3. The molecule has 0 aromatic heterocycles. The maximum absolute atomic E-state index is 12.6. The topological polar surface area (TPSA) is 46.6 Å². The lowest BCUT2D eigenvalue weighted by molar-refractivity contribution is -0.129. The lowest BCUT2D eigenvalue weighted by Crippen LogP contribution is -2.29. The van der Waals surface area contributed by atoms with Crippen molar-refractivity contribution in [2.45, 2.75) is 39.2 Å². The van der Waals surface area contributed by atoms with Crippen LogP contribution in [0.3, 0.4) is 0 Å². The Labute approximate surface area is 154 Å². The summed E-state index contributed by atoms with van der Waals surface area (Å²) in [6, 6.07) is 15.5. The molecule has 2 aromatic carbocycles. The summed E-state index contributed by atoms with van der Waals surface area (Å²) in [5.41, 5.74) is 3.45. The molecular weight excluding hydrogens is 326 g/mol. The summed E-state index contributed by atoms with van der Waals surface area (Å²) < 4.78 is 5.48. The Morgan fingerprint density at radius 1 is 0.885 bits per heavy atom. The first-order valence-corrected chi connectivity index (χ1v) is 9.27. The van der Waals surface area contributed by atoms with Gasteiger partial charge < -0.3 is 9.64 Å². The van der Waals surface area contributed by atoms with E-state index in [0.29, 0.717) is 18.7 Å². The molecule has 0 fully saturated rings. The highest BCUT2D eigenvalue weighted by Crippen LogP contribution is 2.29. The average Bonchev–Trinajstić information content (AvgIpc) is 2.65. The van der Waals surface area contributed by atoms with E-state index in [9.17, 15) is 9.59 Å². The third-order valence-electron chi connectivity index (χ3n) is 4.82. The minimum Gasteiger partial charge on any atom is -0.462 e. The van der Waals surface area contributed by atoms with Gasteiger partial charge in [-0.15, -0.1) is 0 Å². The molecule has 0 atom stereocenters. The van der Waals surface area contributed by atoms with Crippen LogP contribution in [0.5, 0.6) is 0 Å². The van der Waals surface area contributed by atoms with Crippen LogP contribution in [0.15, 0.2) is 48.5 Å². The lowest BCUT2D eigenvalue weighted by Gasteiger charge is -2.23. The Morgan fingerprint density at radius 2 is 1.54 bits per heavy atom. The lowest BCUT2D eigenvalue weighted by atomic mass is 9.95. The van der Waals surface area contributed by atoms with Crippen molar-refractivity contribution < 1.29 is 14.3 Å². The number of fused-ring (bicyclic) bond motifs is 3. The molecule has 0 saturated heterocycles. The van der Waals surface area contributed by atoms with Crippen molar-refractivity contribution >= 4 is 11.9 Å². The molecule has 136 valence electrons. The van der Waals surface area contributed by atoms with Crippen molar-refractivity contribution in [2.75, 3.05) is 13.2 Å². The van der Waals surface area contributed by atoms with Crippen molar-refractivity contribution in [1.82, 2.24) is 4.90 Å². The van der Waals surface area contributed by atoms with E-state index in [1.165, 1.54) is 0 Å². The molecule has 2 aromatic rings. The van der Waals surface area contributed by atoms with Crippen LogP contribution in [0.1, 0.15) is 48.5 Å². The fourth-order valence-corrected chi connectivity index (χ4v) is 3.37. The van der Waals surface area contributed by atoms with Gasteiger partial charge in [-0.1, -0.05) is 48.9 Å². The van der Waals surface area contributed by atoms with E-state index in [0.717, 1.165) is 48.9 Å². The fraction of sp³-hybridized carbons (Fsp3) is 0.364. The number of ether oxygens (including phenoxy) is 1. The molecule has 3 rings (SSSR count). The zero-order valence-corrected chi connectivity index (χ0v) is 15.2. The fourth-order valence-electron chi connectivity index (χ4n) is 3.37. The molecule has 0 saturated carbocycles. The number of rotatable bonds is 0. The van der Waals surface area contributed by atoms with Crippen LogP contribution in [-0.2, 0) is 16.1 Å². The van der Waals surface area contributed by atoms with Gasteiger partial charge in [-0.3, -0.25) is 4.79 Å². The van der Waals surface area contributed by atoms with E-state index >= 15 is 0 Å². The number of esters is 1. The van der Waals surface area contributed by atoms with Gasteiger partial charge in [0.05, 0.1) is 12.2 Å². The van der Waals surface area contributed by atoms with Crippen LogP contribution in [0.4, 0.5) is 0 Å². The Bertz CT molecular complexity index is 784. The van der Waals surface area contributed by atoms with E-state index in [1.807, 2.05) is 53.4 Å². The molecule has 26 heavy (non-hydrogen) atoms. The quantitative estimate of drug-likeness (QED) is 0.660. The summed E-state index contributed by atoms with van der Waals surface area (Å²) in [6.07, 6.45) is 3.84. The number of hydrogen-bond donors (Lipinski definition) is 0. The number of cyclic esters (lactones) is 1. The molecule has 0 radical (unpaired) electrons. The number of carbonyl (C=O) groups excluding carboxylic acids is 2. The molecule has 0 N–H and O–H groups in total. The molecule has 1 heterocycles. The Kier molecular flexibility index (Phi) is 6.05. The first-order valence-electron chi connectivity index (χ1n) is 9.27. The van der Waals surface area contributed by atoms with Crippen LogP contribution >= 0.6 is 0 Å². The molecule has 0 bridgehead atoms. The van der Waals surface area contributed by atoms with Crippen molar-refractivity contribution in [3.05, 3.63) is 59.7 Å². The van der Waals surface area contributed by atoms with Gasteiger partial charge >= 0.3 is 5.97 Å². The largest absolute Gasteiger partial charge is 0.462 e. The van der Waals surface area contributed by atoms with Crippen LogP contribution in [0, 0.1) is 0 Å². The molecule has 4 heteroatoms. The van der Waals surface area contributed by atoms with Gasteiger partial charge in [0.25, 0.3) is 0 Å². The monoisotopic (exact) mass is 351 g/mol. The number of carbonyl (C=O) groups is 2. The summed E-state index contributed by atoms with van der Waals surface area (Å²) >= 11 is 0. The second-order valence-corrected chi connectivity index (χ2v) is 6.69. The SMILES string of the molecule is CC(=O)N1CCCCCCOC(=O)c2ccccc2-c2ccccc2C1.